The average molecular weight is 189 g/mol. The van der Waals surface area contributed by atoms with Crippen LogP contribution in [0.1, 0.15) is 13.8 Å². The molecule has 0 saturated heterocycles. The van der Waals surface area contributed by atoms with Crippen LogP contribution in [0.5, 0.6) is 0 Å². The first-order chi connectivity index (χ1) is 6.68. The molecule has 3 heteroatoms. The second-order valence-corrected chi connectivity index (χ2v) is 3.98. The highest BCUT2D eigenvalue weighted by Crippen LogP contribution is 2.20. The molecule has 14 heavy (non-hydrogen) atoms. The molecule has 2 N–H and O–H groups in total. The molecular weight excluding hydrogens is 174 g/mol. The lowest BCUT2D eigenvalue weighted by Crippen LogP contribution is -2.06. The first-order valence-corrected chi connectivity index (χ1v) is 4.89. The number of para-hydroxylation sites is 1. The van der Waals surface area contributed by atoms with Crippen LogP contribution in [0.25, 0.3) is 10.9 Å². The fraction of sp³-hybridized carbons (Fsp3) is 0.364. The zero-order valence-corrected chi connectivity index (χ0v) is 8.57. The summed E-state index contributed by atoms with van der Waals surface area (Å²) in [6.45, 7) is 5.26. The van der Waals surface area contributed by atoms with E-state index in [1.54, 1.807) is 0 Å². The van der Waals surface area contributed by atoms with Crippen LogP contribution in [-0.4, -0.2) is 9.78 Å². The number of nitrogen functional groups attached to an aromatic ring is 1. The van der Waals surface area contributed by atoms with Gasteiger partial charge in [0.25, 0.3) is 0 Å². The first-order valence-electron chi connectivity index (χ1n) is 4.89. The molecule has 0 aliphatic carbocycles. The van der Waals surface area contributed by atoms with Gasteiger partial charge in [-0.15, -0.1) is 0 Å². The summed E-state index contributed by atoms with van der Waals surface area (Å²) in [5, 5.41) is 5.37. The van der Waals surface area contributed by atoms with Crippen molar-refractivity contribution < 1.29 is 0 Å². The first kappa shape index (κ1) is 9.06. The monoisotopic (exact) mass is 189 g/mol. The summed E-state index contributed by atoms with van der Waals surface area (Å²) in [7, 11) is 0. The second-order valence-electron chi connectivity index (χ2n) is 3.98. The van der Waals surface area contributed by atoms with E-state index in [4.69, 9.17) is 5.73 Å². The number of fused-ring (bicyclic) bond motifs is 1. The fourth-order valence-corrected chi connectivity index (χ4v) is 1.64. The molecule has 0 aliphatic rings. The number of aromatic nitrogens is 2. The summed E-state index contributed by atoms with van der Waals surface area (Å²) in [5.74, 6) is 1.21. The van der Waals surface area contributed by atoms with Gasteiger partial charge in [-0.1, -0.05) is 26.0 Å². The molecule has 0 radical (unpaired) electrons. The average Bonchev–Trinajstić information content (AvgIpc) is 2.44. The molecule has 2 rings (SSSR count). The Balaban J connectivity index is 2.55. The fourth-order valence-electron chi connectivity index (χ4n) is 1.64. The molecule has 0 bridgehead atoms. The van der Waals surface area contributed by atoms with Crippen LogP contribution in [0.3, 0.4) is 0 Å². The van der Waals surface area contributed by atoms with Crippen molar-refractivity contribution in [2.24, 2.45) is 5.92 Å². The van der Waals surface area contributed by atoms with Gasteiger partial charge in [0.1, 0.15) is 0 Å². The molecule has 0 amide bonds. The highest BCUT2D eigenvalue weighted by Gasteiger charge is 2.07. The highest BCUT2D eigenvalue weighted by atomic mass is 15.3. The maximum Gasteiger partial charge on any atom is 0.153 e. The van der Waals surface area contributed by atoms with Crippen LogP contribution in [0, 0.1) is 5.92 Å². The molecule has 1 heterocycles. The summed E-state index contributed by atoms with van der Waals surface area (Å²) >= 11 is 0. The molecule has 3 nitrogen and oxygen atoms in total. The predicted molar refractivity (Wildman–Crippen MR) is 59.0 cm³/mol. The number of anilines is 1. The van der Waals surface area contributed by atoms with Crippen molar-refractivity contribution in [1.29, 1.82) is 0 Å². The van der Waals surface area contributed by atoms with E-state index >= 15 is 0 Å². The van der Waals surface area contributed by atoms with Gasteiger partial charge in [0.15, 0.2) is 5.82 Å². The quantitative estimate of drug-likeness (QED) is 0.787. The van der Waals surface area contributed by atoms with Crippen molar-refractivity contribution in [3.8, 4) is 0 Å². The van der Waals surface area contributed by atoms with Crippen LogP contribution in [0.15, 0.2) is 24.3 Å². The number of nitrogens with zero attached hydrogens (tertiary/aromatic N) is 2. The van der Waals surface area contributed by atoms with Gasteiger partial charge in [0, 0.05) is 11.9 Å². The van der Waals surface area contributed by atoms with Gasteiger partial charge in [-0.2, -0.15) is 5.10 Å². The number of rotatable bonds is 2. The molecule has 1 aromatic heterocycles. The Labute approximate surface area is 83.5 Å². The van der Waals surface area contributed by atoms with Gasteiger partial charge in [-0.05, 0) is 18.1 Å². The third kappa shape index (κ3) is 1.45. The lowest BCUT2D eigenvalue weighted by molar-refractivity contribution is 0.496. The Morgan fingerprint density at radius 3 is 2.79 bits per heavy atom. The zero-order valence-electron chi connectivity index (χ0n) is 8.57. The maximum absolute atomic E-state index is 5.82. The van der Waals surface area contributed by atoms with E-state index in [9.17, 15) is 0 Å². The van der Waals surface area contributed by atoms with E-state index in [0.29, 0.717) is 11.7 Å². The van der Waals surface area contributed by atoms with Gasteiger partial charge in [-0.25, -0.2) is 0 Å². The maximum atomic E-state index is 5.82. The summed E-state index contributed by atoms with van der Waals surface area (Å²) < 4.78 is 1.98. The smallest absolute Gasteiger partial charge is 0.153 e. The Hall–Kier alpha value is -1.51. The third-order valence-corrected chi connectivity index (χ3v) is 2.22. The van der Waals surface area contributed by atoms with Gasteiger partial charge in [-0.3, -0.25) is 4.68 Å². The number of hydrogen-bond donors (Lipinski definition) is 1. The lowest BCUT2D eigenvalue weighted by atomic mass is 10.2. The van der Waals surface area contributed by atoms with Crippen LogP contribution in [0.4, 0.5) is 5.82 Å². The topological polar surface area (TPSA) is 43.8 Å². The van der Waals surface area contributed by atoms with Gasteiger partial charge >= 0.3 is 0 Å². The van der Waals surface area contributed by atoms with Crippen LogP contribution in [-0.2, 0) is 6.54 Å². The summed E-state index contributed by atoms with van der Waals surface area (Å²) in [6, 6.07) is 8.07. The van der Waals surface area contributed by atoms with Crippen LogP contribution >= 0.6 is 0 Å². The van der Waals surface area contributed by atoms with Crippen molar-refractivity contribution in [2.75, 3.05) is 5.73 Å². The highest BCUT2D eigenvalue weighted by molar-refractivity contribution is 5.88. The van der Waals surface area contributed by atoms with Gasteiger partial charge in [0.05, 0.1) is 5.52 Å². The normalized spacial score (nSPS) is 11.4. The van der Waals surface area contributed by atoms with E-state index in [1.165, 1.54) is 0 Å². The molecule has 0 spiro atoms. The molecule has 0 fully saturated rings. The van der Waals surface area contributed by atoms with Gasteiger partial charge in [0.2, 0.25) is 0 Å². The molecular formula is C11H15N3. The summed E-state index contributed by atoms with van der Waals surface area (Å²) in [6.07, 6.45) is 0. The largest absolute Gasteiger partial charge is 0.382 e. The standard InChI is InChI=1S/C11H15N3/c1-8(2)7-14-10-6-4-3-5-9(10)11(12)13-14/h3-6,8H,7H2,1-2H3,(H2,12,13). The number of benzene rings is 1. The minimum atomic E-state index is 0.581. The van der Waals surface area contributed by atoms with E-state index in [1.807, 2.05) is 22.9 Å². The van der Waals surface area contributed by atoms with Crippen molar-refractivity contribution in [2.45, 2.75) is 20.4 Å². The van der Waals surface area contributed by atoms with E-state index < -0.39 is 0 Å². The number of nitrogens with two attached hydrogens (primary N) is 1. The Bertz CT molecular complexity index is 443. The number of hydrogen-bond acceptors (Lipinski definition) is 2. The van der Waals surface area contributed by atoms with Crippen molar-refractivity contribution in [3.05, 3.63) is 24.3 Å². The third-order valence-electron chi connectivity index (χ3n) is 2.22. The van der Waals surface area contributed by atoms with E-state index in [-0.39, 0.29) is 0 Å². The second kappa shape index (κ2) is 3.33. The van der Waals surface area contributed by atoms with Crippen LogP contribution in [0.2, 0.25) is 0 Å². The lowest BCUT2D eigenvalue weighted by Gasteiger charge is -2.05. The molecule has 0 saturated carbocycles. The van der Waals surface area contributed by atoms with Crippen molar-refractivity contribution in [3.63, 3.8) is 0 Å². The summed E-state index contributed by atoms with van der Waals surface area (Å²) in [4.78, 5) is 0. The van der Waals surface area contributed by atoms with E-state index in [0.717, 1.165) is 17.4 Å². The molecule has 0 unspecified atom stereocenters. The molecule has 74 valence electrons. The zero-order chi connectivity index (χ0) is 10.1. The molecule has 2 aromatic rings. The minimum absolute atomic E-state index is 0.581. The van der Waals surface area contributed by atoms with Crippen molar-refractivity contribution in [1.82, 2.24) is 9.78 Å². The van der Waals surface area contributed by atoms with Crippen LogP contribution < -0.4 is 5.73 Å². The minimum Gasteiger partial charge on any atom is -0.382 e. The Kier molecular flexibility index (Phi) is 2.15. The van der Waals surface area contributed by atoms with Crippen molar-refractivity contribution >= 4 is 16.7 Å². The Morgan fingerprint density at radius 1 is 1.36 bits per heavy atom. The SMILES string of the molecule is CC(C)Cn1nc(N)c2ccccc21. The molecule has 0 atom stereocenters. The molecule has 0 aliphatic heterocycles. The van der Waals surface area contributed by atoms with E-state index in [2.05, 4.69) is 25.0 Å². The Morgan fingerprint density at radius 2 is 2.07 bits per heavy atom. The molecule has 1 aromatic carbocycles. The summed E-state index contributed by atoms with van der Waals surface area (Å²) in [5.41, 5.74) is 6.94. The predicted octanol–water partition coefficient (Wildman–Crippen LogP) is 2.27. The van der Waals surface area contributed by atoms with Gasteiger partial charge < -0.3 is 5.73 Å².